The van der Waals surface area contributed by atoms with Gasteiger partial charge in [-0.3, -0.25) is 4.79 Å². The van der Waals surface area contributed by atoms with Crippen molar-refractivity contribution in [2.75, 3.05) is 0 Å². The summed E-state index contributed by atoms with van der Waals surface area (Å²) in [5.74, 6) is 0. The lowest BCUT2D eigenvalue weighted by Crippen LogP contribution is -2.09. The first-order valence-electron chi connectivity index (χ1n) is 6.07. The van der Waals surface area contributed by atoms with Crippen LogP contribution in [0.3, 0.4) is 0 Å². The lowest BCUT2D eigenvalue weighted by molar-refractivity contribution is 1.29. The number of hydrogen-bond donors (Lipinski definition) is 1. The van der Waals surface area contributed by atoms with Gasteiger partial charge in [-0.25, -0.2) is 0 Å². The van der Waals surface area contributed by atoms with Crippen LogP contribution in [0.15, 0.2) is 64.5 Å². The fraction of sp³-hybridized carbons (Fsp3) is 0. The summed E-state index contributed by atoms with van der Waals surface area (Å²) in [6.07, 6.45) is 0. The molecule has 96 valence electrons. The van der Waals surface area contributed by atoms with Crippen LogP contribution < -0.4 is 5.56 Å². The molecule has 0 unspecified atom stereocenters. The average Bonchev–Trinajstić information content (AvgIpc) is 2.48. The third-order valence-electron chi connectivity index (χ3n) is 3.10. The van der Waals surface area contributed by atoms with Gasteiger partial charge in [0.15, 0.2) is 0 Å². The summed E-state index contributed by atoms with van der Waals surface area (Å²) in [5.41, 5.74) is 10.6. The third kappa shape index (κ3) is 1.92. The first-order chi connectivity index (χ1) is 9.81. The van der Waals surface area contributed by atoms with Crippen LogP contribution in [0.2, 0.25) is 0 Å². The Morgan fingerprint density at radius 2 is 1.70 bits per heavy atom. The van der Waals surface area contributed by atoms with Crippen molar-refractivity contribution in [3.8, 4) is 11.1 Å². The third-order valence-corrected chi connectivity index (χ3v) is 3.10. The molecular weight excluding hydrogens is 252 g/mol. The number of hydrogen-bond acceptors (Lipinski definition) is 2. The van der Waals surface area contributed by atoms with Crippen molar-refractivity contribution in [1.29, 1.82) is 0 Å². The molecule has 0 fully saturated rings. The molecule has 0 bridgehead atoms. The molecule has 5 nitrogen and oxygen atoms in total. The van der Waals surface area contributed by atoms with Gasteiger partial charge in [-0.15, -0.1) is 0 Å². The lowest BCUT2D eigenvalue weighted by atomic mass is 10.0. The van der Waals surface area contributed by atoms with Gasteiger partial charge in [-0.1, -0.05) is 53.6 Å². The summed E-state index contributed by atoms with van der Waals surface area (Å²) < 4.78 is 0. The molecule has 0 atom stereocenters. The van der Waals surface area contributed by atoms with E-state index >= 15 is 0 Å². The summed E-state index contributed by atoms with van der Waals surface area (Å²) in [6.45, 7) is 0. The highest BCUT2D eigenvalue weighted by Crippen LogP contribution is 2.33. The van der Waals surface area contributed by atoms with Crippen molar-refractivity contribution in [2.45, 2.75) is 0 Å². The first-order valence-corrected chi connectivity index (χ1v) is 6.07. The normalized spacial score (nSPS) is 10.2. The zero-order chi connectivity index (χ0) is 13.9. The minimum absolute atomic E-state index is 0.266. The summed E-state index contributed by atoms with van der Waals surface area (Å²) in [6, 6.07) is 16.4. The maximum absolute atomic E-state index is 12.3. The Balaban J connectivity index is 2.48. The SMILES string of the molecule is [N-]=[N+]=Nc1c(-c2ccccc2)c(=O)[nH]c2ccccc12. The van der Waals surface area contributed by atoms with Crippen molar-refractivity contribution >= 4 is 16.6 Å². The van der Waals surface area contributed by atoms with Crippen LogP contribution in [-0.2, 0) is 0 Å². The number of benzene rings is 2. The maximum Gasteiger partial charge on any atom is 0.256 e. The standard InChI is InChI=1S/C15H10N4O/c16-19-18-14-11-8-4-5-9-12(11)17-15(20)13(14)10-6-2-1-3-7-10/h1-9H,(H,17,20). The Bertz CT molecular complexity index is 877. The van der Waals surface area contributed by atoms with Gasteiger partial charge in [0.25, 0.3) is 5.56 Å². The van der Waals surface area contributed by atoms with Crippen LogP contribution in [0, 0.1) is 0 Å². The second-order valence-electron chi connectivity index (χ2n) is 4.28. The molecule has 0 radical (unpaired) electrons. The molecule has 3 rings (SSSR count). The van der Waals surface area contributed by atoms with Crippen molar-refractivity contribution in [2.24, 2.45) is 5.11 Å². The van der Waals surface area contributed by atoms with Gasteiger partial charge in [0.05, 0.1) is 11.3 Å². The Kier molecular flexibility index (Phi) is 2.95. The van der Waals surface area contributed by atoms with Crippen molar-refractivity contribution in [1.82, 2.24) is 4.98 Å². The zero-order valence-corrected chi connectivity index (χ0v) is 10.4. The number of nitrogens with zero attached hydrogens (tertiary/aromatic N) is 3. The number of nitrogens with one attached hydrogen (secondary N) is 1. The number of aromatic nitrogens is 1. The molecule has 0 saturated heterocycles. The molecule has 5 heteroatoms. The Hall–Kier alpha value is -3.04. The van der Waals surface area contributed by atoms with Gasteiger partial charge in [-0.2, -0.15) is 0 Å². The average molecular weight is 262 g/mol. The van der Waals surface area contributed by atoms with Crippen LogP contribution in [0.5, 0.6) is 0 Å². The molecule has 1 N–H and O–H groups in total. The molecule has 1 aromatic heterocycles. The van der Waals surface area contributed by atoms with E-state index in [9.17, 15) is 4.79 Å². The Morgan fingerprint density at radius 3 is 2.45 bits per heavy atom. The topological polar surface area (TPSA) is 81.6 Å². The van der Waals surface area contributed by atoms with Crippen LogP contribution in [0.1, 0.15) is 0 Å². The van der Waals surface area contributed by atoms with Crippen molar-refractivity contribution in [3.63, 3.8) is 0 Å². The van der Waals surface area contributed by atoms with Crippen molar-refractivity contribution in [3.05, 3.63) is 75.4 Å². The number of H-pyrrole nitrogens is 1. The van der Waals surface area contributed by atoms with E-state index < -0.39 is 0 Å². The van der Waals surface area contributed by atoms with E-state index in [1.165, 1.54) is 0 Å². The highest BCUT2D eigenvalue weighted by atomic mass is 16.1. The molecule has 1 heterocycles. The molecular formula is C15H10N4O. The highest BCUT2D eigenvalue weighted by molar-refractivity contribution is 5.97. The Morgan fingerprint density at radius 1 is 1.00 bits per heavy atom. The fourth-order valence-electron chi connectivity index (χ4n) is 2.25. The van der Waals surface area contributed by atoms with E-state index in [0.717, 1.165) is 10.9 Å². The Labute approximate surface area is 114 Å². The number of rotatable bonds is 2. The number of azide groups is 1. The van der Waals surface area contributed by atoms with Gasteiger partial charge >= 0.3 is 0 Å². The molecule has 2 aromatic carbocycles. The maximum atomic E-state index is 12.3. The predicted octanol–water partition coefficient (Wildman–Crippen LogP) is 4.14. The van der Waals surface area contributed by atoms with E-state index in [4.69, 9.17) is 5.53 Å². The number of fused-ring (bicyclic) bond motifs is 1. The number of pyridine rings is 1. The van der Waals surface area contributed by atoms with Gasteiger partial charge in [0.2, 0.25) is 0 Å². The minimum Gasteiger partial charge on any atom is -0.321 e. The fourth-order valence-corrected chi connectivity index (χ4v) is 2.25. The van der Waals surface area contributed by atoms with Gasteiger partial charge in [-0.05, 0) is 17.2 Å². The number of para-hydroxylation sites is 1. The highest BCUT2D eigenvalue weighted by Gasteiger charge is 2.12. The van der Waals surface area contributed by atoms with E-state index in [0.29, 0.717) is 16.8 Å². The van der Waals surface area contributed by atoms with Gasteiger partial charge < -0.3 is 4.98 Å². The van der Waals surface area contributed by atoms with E-state index in [1.807, 2.05) is 48.5 Å². The summed E-state index contributed by atoms with van der Waals surface area (Å²) >= 11 is 0. The van der Waals surface area contributed by atoms with E-state index in [1.54, 1.807) is 6.07 Å². The molecule has 0 amide bonds. The quantitative estimate of drug-likeness (QED) is 0.420. The molecule has 0 spiro atoms. The first kappa shape index (κ1) is 12.0. The molecule has 0 aliphatic rings. The second-order valence-corrected chi connectivity index (χ2v) is 4.28. The van der Waals surface area contributed by atoms with E-state index in [-0.39, 0.29) is 5.56 Å². The summed E-state index contributed by atoms with van der Waals surface area (Å²) in [7, 11) is 0. The smallest absolute Gasteiger partial charge is 0.256 e. The monoisotopic (exact) mass is 262 g/mol. The van der Waals surface area contributed by atoms with Crippen molar-refractivity contribution < 1.29 is 0 Å². The van der Waals surface area contributed by atoms with E-state index in [2.05, 4.69) is 15.0 Å². The zero-order valence-electron chi connectivity index (χ0n) is 10.4. The van der Waals surface area contributed by atoms with Crippen LogP contribution in [0.4, 0.5) is 5.69 Å². The van der Waals surface area contributed by atoms with Gasteiger partial charge in [0.1, 0.15) is 0 Å². The molecule has 20 heavy (non-hydrogen) atoms. The molecule has 0 saturated carbocycles. The van der Waals surface area contributed by atoms with Crippen LogP contribution >= 0.6 is 0 Å². The molecule has 0 aliphatic carbocycles. The summed E-state index contributed by atoms with van der Waals surface area (Å²) in [4.78, 5) is 18.0. The lowest BCUT2D eigenvalue weighted by Gasteiger charge is -2.08. The predicted molar refractivity (Wildman–Crippen MR) is 78.8 cm³/mol. The van der Waals surface area contributed by atoms with Gasteiger partial charge in [0, 0.05) is 15.8 Å². The summed E-state index contributed by atoms with van der Waals surface area (Å²) in [5, 5.41) is 4.46. The minimum atomic E-state index is -0.266. The van der Waals surface area contributed by atoms with Crippen LogP contribution in [0.25, 0.3) is 32.5 Å². The molecule has 3 aromatic rings. The van der Waals surface area contributed by atoms with Crippen LogP contribution in [-0.4, -0.2) is 4.98 Å². The largest absolute Gasteiger partial charge is 0.321 e. The molecule has 0 aliphatic heterocycles. The second kappa shape index (κ2) is 4.91. The number of aromatic amines is 1.